The quantitative estimate of drug-likeness (QED) is 0.385. The zero-order valence-corrected chi connectivity index (χ0v) is 15.7. The zero-order chi connectivity index (χ0) is 23.4. The number of rotatable bonds is 6. The second kappa shape index (κ2) is 8.82. The highest BCUT2D eigenvalue weighted by atomic mass is 19.4. The molecule has 0 bridgehead atoms. The molecule has 2 aromatic carbocycles. The molecule has 12 heteroatoms. The molecule has 168 valence electrons. The molecule has 0 saturated heterocycles. The van der Waals surface area contributed by atoms with Crippen molar-refractivity contribution in [3.05, 3.63) is 65.5 Å². The smallest absolute Gasteiger partial charge is 0.441 e. The van der Waals surface area contributed by atoms with Crippen molar-refractivity contribution in [2.75, 3.05) is 11.9 Å². The molecule has 0 fully saturated rings. The number of carbonyl (C=O) groups excluding carboxylic acids is 2. The van der Waals surface area contributed by atoms with E-state index in [1.165, 1.54) is 24.4 Å². The molecule has 5 nitrogen and oxygen atoms in total. The Hall–Kier alpha value is -3.31. The SMILES string of the molecule is CCOC(=O)[C@](NC(=O)c1ccccc1F)(Nc1ccc(C(F)(F)F)cc1)C(F)(F)F. The van der Waals surface area contributed by atoms with Crippen LogP contribution in [0.15, 0.2) is 48.5 Å². The first kappa shape index (κ1) is 24.0. The summed E-state index contributed by atoms with van der Waals surface area (Å²) in [6.45, 7) is 0.691. The standard InChI is InChI=1S/C19H15F7N2O3/c1-2-31-16(30)17(19(24,25)26,28-15(29)13-5-3-4-6-14(13)20)27-12-9-7-11(8-10-12)18(21,22)23/h3-10,27H,2H2,1H3,(H,28,29)/t17-/m1/s1. The van der Waals surface area contributed by atoms with Crippen LogP contribution in [0.5, 0.6) is 0 Å². The van der Waals surface area contributed by atoms with Gasteiger partial charge in [-0.15, -0.1) is 0 Å². The molecule has 0 radical (unpaired) electrons. The molecule has 0 aliphatic rings. The summed E-state index contributed by atoms with van der Waals surface area (Å²) in [5, 5.41) is 3.09. The molecule has 0 spiro atoms. The lowest BCUT2D eigenvalue weighted by atomic mass is 10.1. The molecule has 0 saturated carbocycles. The molecule has 2 rings (SSSR count). The van der Waals surface area contributed by atoms with E-state index in [0.29, 0.717) is 24.3 Å². The number of esters is 1. The van der Waals surface area contributed by atoms with Crippen LogP contribution in [0.4, 0.5) is 36.4 Å². The number of hydrogen-bond acceptors (Lipinski definition) is 4. The third kappa shape index (κ3) is 5.25. The van der Waals surface area contributed by atoms with Gasteiger partial charge in [-0.05, 0) is 43.3 Å². The summed E-state index contributed by atoms with van der Waals surface area (Å²) in [5.41, 5.74) is -6.45. The fraction of sp³-hybridized carbons (Fsp3) is 0.263. The van der Waals surface area contributed by atoms with Crippen LogP contribution in [0.2, 0.25) is 0 Å². The maximum absolute atomic E-state index is 14.0. The van der Waals surface area contributed by atoms with Gasteiger partial charge in [0.25, 0.3) is 5.91 Å². The summed E-state index contributed by atoms with van der Waals surface area (Å²) in [5.74, 6) is -4.76. The van der Waals surface area contributed by atoms with Crippen molar-refractivity contribution in [1.29, 1.82) is 0 Å². The van der Waals surface area contributed by atoms with Crippen molar-refractivity contribution in [2.45, 2.75) is 24.9 Å². The normalized spacial score (nSPS) is 13.8. The number of nitrogens with one attached hydrogen (secondary N) is 2. The van der Waals surface area contributed by atoms with E-state index >= 15 is 0 Å². The average molecular weight is 452 g/mol. The Bertz CT molecular complexity index is 943. The van der Waals surface area contributed by atoms with Crippen LogP contribution in [0.1, 0.15) is 22.8 Å². The summed E-state index contributed by atoms with van der Waals surface area (Å²) in [6.07, 6.45) is -10.3. The monoisotopic (exact) mass is 452 g/mol. The van der Waals surface area contributed by atoms with Gasteiger partial charge in [-0.2, -0.15) is 26.3 Å². The fourth-order valence-corrected chi connectivity index (χ4v) is 2.47. The number of ether oxygens (including phenoxy) is 1. The van der Waals surface area contributed by atoms with Gasteiger partial charge in [-0.3, -0.25) is 4.79 Å². The Morgan fingerprint density at radius 1 is 0.935 bits per heavy atom. The summed E-state index contributed by atoms with van der Waals surface area (Å²) < 4.78 is 98.5. The molecule has 0 aromatic heterocycles. The van der Waals surface area contributed by atoms with Crippen molar-refractivity contribution in [3.63, 3.8) is 0 Å². The molecule has 0 unspecified atom stereocenters. The van der Waals surface area contributed by atoms with Gasteiger partial charge in [0.1, 0.15) is 5.82 Å². The minimum Gasteiger partial charge on any atom is -0.463 e. The Morgan fingerprint density at radius 3 is 2.00 bits per heavy atom. The van der Waals surface area contributed by atoms with Gasteiger partial charge in [0, 0.05) is 5.69 Å². The van der Waals surface area contributed by atoms with Crippen molar-refractivity contribution >= 4 is 17.6 Å². The highest BCUT2D eigenvalue weighted by Gasteiger charge is 2.63. The molecule has 2 N–H and O–H groups in total. The minimum absolute atomic E-state index is 0.479. The van der Waals surface area contributed by atoms with Gasteiger partial charge in [0.2, 0.25) is 0 Å². The van der Waals surface area contributed by atoms with Gasteiger partial charge >= 0.3 is 24.0 Å². The molecule has 0 aliphatic carbocycles. The van der Waals surface area contributed by atoms with Crippen LogP contribution in [-0.4, -0.2) is 30.3 Å². The van der Waals surface area contributed by atoms with Crippen LogP contribution in [0.25, 0.3) is 0 Å². The molecule has 0 heterocycles. The average Bonchev–Trinajstić information content (AvgIpc) is 2.66. The maximum Gasteiger partial charge on any atom is 0.441 e. The third-order valence-electron chi connectivity index (χ3n) is 3.97. The highest BCUT2D eigenvalue weighted by molar-refractivity contribution is 5.99. The van der Waals surface area contributed by atoms with Crippen LogP contribution in [0, 0.1) is 5.82 Å². The number of benzene rings is 2. The Labute approximate surface area is 171 Å². The second-order valence-electron chi connectivity index (χ2n) is 6.10. The second-order valence-corrected chi connectivity index (χ2v) is 6.10. The first-order valence-corrected chi connectivity index (χ1v) is 8.58. The predicted octanol–water partition coefficient (Wildman–Crippen LogP) is 4.51. The van der Waals surface area contributed by atoms with Crippen molar-refractivity contribution in [3.8, 4) is 0 Å². The van der Waals surface area contributed by atoms with Crippen molar-refractivity contribution < 1.29 is 45.1 Å². The number of anilines is 1. The lowest BCUT2D eigenvalue weighted by Crippen LogP contribution is -2.69. The zero-order valence-electron chi connectivity index (χ0n) is 15.7. The van der Waals surface area contributed by atoms with E-state index in [2.05, 4.69) is 4.74 Å². The van der Waals surface area contributed by atoms with Crippen molar-refractivity contribution in [2.24, 2.45) is 0 Å². The molecule has 2 aromatic rings. The van der Waals surface area contributed by atoms with Crippen LogP contribution >= 0.6 is 0 Å². The summed E-state index contributed by atoms with van der Waals surface area (Å²) in [7, 11) is 0. The van der Waals surface area contributed by atoms with Gasteiger partial charge in [-0.25, -0.2) is 9.18 Å². The molecular weight excluding hydrogens is 437 g/mol. The van der Waals surface area contributed by atoms with Gasteiger partial charge < -0.3 is 15.4 Å². The summed E-state index contributed by atoms with van der Waals surface area (Å²) >= 11 is 0. The van der Waals surface area contributed by atoms with E-state index in [4.69, 9.17) is 0 Å². The van der Waals surface area contributed by atoms with E-state index in [1.54, 1.807) is 5.32 Å². The first-order chi connectivity index (χ1) is 14.3. The van der Waals surface area contributed by atoms with Gasteiger partial charge in [-0.1, -0.05) is 12.1 Å². The number of halogens is 7. The van der Waals surface area contributed by atoms with Gasteiger partial charge in [0.15, 0.2) is 0 Å². The van der Waals surface area contributed by atoms with Crippen LogP contribution in [-0.2, 0) is 15.7 Å². The minimum atomic E-state index is -5.54. The summed E-state index contributed by atoms with van der Waals surface area (Å²) in [6, 6.07) is 6.30. The van der Waals surface area contributed by atoms with Crippen LogP contribution in [0.3, 0.4) is 0 Å². The van der Waals surface area contributed by atoms with Crippen LogP contribution < -0.4 is 10.6 Å². The lowest BCUT2D eigenvalue weighted by Gasteiger charge is -2.35. The highest BCUT2D eigenvalue weighted by Crippen LogP contribution is 2.35. The summed E-state index contributed by atoms with van der Waals surface area (Å²) in [4.78, 5) is 24.7. The number of amides is 1. The number of alkyl halides is 6. The number of carbonyl (C=O) groups is 2. The Morgan fingerprint density at radius 2 is 1.52 bits per heavy atom. The first-order valence-electron chi connectivity index (χ1n) is 8.58. The maximum atomic E-state index is 14.0. The largest absolute Gasteiger partial charge is 0.463 e. The Kier molecular flexibility index (Phi) is 6.82. The lowest BCUT2D eigenvalue weighted by molar-refractivity contribution is -0.204. The third-order valence-corrected chi connectivity index (χ3v) is 3.97. The molecule has 1 atom stereocenters. The predicted molar refractivity (Wildman–Crippen MR) is 94.4 cm³/mol. The number of hydrogen-bond donors (Lipinski definition) is 2. The molecular formula is C19H15F7N2O3. The van der Waals surface area contributed by atoms with E-state index in [1.807, 2.05) is 0 Å². The van der Waals surface area contributed by atoms with Gasteiger partial charge in [0.05, 0.1) is 17.7 Å². The van der Waals surface area contributed by atoms with E-state index < -0.39 is 59.1 Å². The van der Waals surface area contributed by atoms with Crippen molar-refractivity contribution in [1.82, 2.24) is 5.32 Å². The van der Waals surface area contributed by atoms with E-state index in [9.17, 15) is 40.3 Å². The molecule has 0 aliphatic heterocycles. The molecule has 31 heavy (non-hydrogen) atoms. The molecule has 1 amide bonds. The van der Waals surface area contributed by atoms with E-state index in [0.717, 1.165) is 12.1 Å². The van der Waals surface area contributed by atoms with E-state index in [-0.39, 0.29) is 0 Å². The topological polar surface area (TPSA) is 67.4 Å². The Balaban J connectivity index is 2.52. The fourth-order valence-electron chi connectivity index (χ4n) is 2.47.